The molecule has 0 bridgehead atoms. The van der Waals surface area contributed by atoms with Crippen molar-refractivity contribution in [2.45, 2.75) is 96.5 Å². The quantitative estimate of drug-likeness (QED) is 0.356. The molecule has 3 nitrogen and oxygen atoms in total. The van der Waals surface area contributed by atoms with Crippen LogP contribution in [0.4, 0.5) is 0 Å². The molecule has 0 aromatic heterocycles. The fraction of sp³-hybridized carbons (Fsp3) is 0.850. The SMILES string of the molecule is CCCCC[C@H](O)C=C[C@H]1CCCC1CCCCCCC(=O)O. The average Bonchev–Trinajstić information content (AvgIpc) is 2.96. The maximum absolute atomic E-state index is 10.5. The molecule has 0 spiro atoms. The van der Waals surface area contributed by atoms with Crippen LogP contribution in [0.1, 0.15) is 90.4 Å². The van der Waals surface area contributed by atoms with Gasteiger partial charge in [-0.25, -0.2) is 0 Å². The van der Waals surface area contributed by atoms with Gasteiger partial charge in [0.25, 0.3) is 0 Å². The molecule has 1 rings (SSSR count). The van der Waals surface area contributed by atoms with Crippen LogP contribution in [0, 0.1) is 11.8 Å². The Morgan fingerprint density at radius 1 is 1.13 bits per heavy atom. The van der Waals surface area contributed by atoms with Gasteiger partial charge in [0.2, 0.25) is 0 Å². The van der Waals surface area contributed by atoms with E-state index in [1.54, 1.807) is 0 Å². The highest BCUT2D eigenvalue weighted by atomic mass is 16.4. The lowest BCUT2D eigenvalue weighted by molar-refractivity contribution is -0.137. The summed E-state index contributed by atoms with van der Waals surface area (Å²) in [5, 5.41) is 18.6. The van der Waals surface area contributed by atoms with Crippen LogP contribution in [0.2, 0.25) is 0 Å². The van der Waals surface area contributed by atoms with Crippen LogP contribution in [0.25, 0.3) is 0 Å². The number of hydrogen-bond donors (Lipinski definition) is 2. The summed E-state index contributed by atoms with van der Waals surface area (Å²) in [5.41, 5.74) is 0. The fourth-order valence-corrected chi connectivity index (χ4v) is 3.68. The molecule has 1 unspecified atom stereocenters. The molecule has 0 heterocycles. The van der Waals surface area contributed by atoms with Gasteiger partial charge in [-0.1, -0.05) is 64.0 Å². The van der Waals surface area contributed by atoms with Gasteiger partial charge in [-0.05, 0) is 43.9 Å². The molecule has 2 N–H and O–H groups in total. The van der Waals surface area contributed by atoms with Crippen molar-refractivity contribution in [3.05, 3.63) is 12.2 Å². The van der Waals surface area contributed by atoms with Gasteiger partial charge in [0, 0.05) is 6.42 Å². The predicted molar refractivity (Wildman–Crippen MR) is 95.5 cm³/mol. The molecule has 0 aliphatic heterocycles. The highest BCUT2D eigenvalue weighted by molar-refractivity contribution is 5.66. The number of aliphatic hydroxyl groups is 1. The van der Waals surface area contributed by atoms with E-state index >= 15 is 0 Å². The Morgan fingerprint density at radius 2 is 1.91 bits per heavy atom. The molecule has 0 radical (unpaired) electrons. The number of aliphatic hydroxyl groups excluding tert-OH is 1. The Bertz CT molecular complexity index is 338. The third-order valence-electron chi connectivity index (χ3n) is 5.12. The first-order chi connectivity index (χ1) is 11.1. The van der Waals surface area contributed by atoms with Crippen molar-refractivity contribution >= 4 is 5.97 Å². The number of hydrogen-bond acceptors (Lipinski definition) is 2. The van der Waals surface area contributed by atoms with Gasteiger partial charge in [-0.15, -0.1) is 0 Å². The summed E-state index contributed by atoms with van der Waals surface area (Å²) < 4.78 is 0. The van der Waals surface area contributed by atoms with Crippen molar-refractivity contribution in [2.24, 2.45) is 11.8 Å². The number of rotatable bonds is 13. The predicted octanol–water partition coefficient (Wildman–Crippen LogP) is 5.33. The van der Waals surface area contributed by atoms with E-state index in [9.17, 15) is 9.90 Å². The van der Waals surface area contributed by atoms with Crippen molar-refractivity contribution in [3.8, 4) is 0 Å². The Hall–Kier alpha value is -0.830. The second-order valence-electron chi connectivity index (χ2n) is 7.15. The van der Waals surface area contributed by atoms with Crippen LogP contribution in [0.3, 0.4) is 0 Å². The van der Waals surface area contributed by atoms with Crippen LogP contribution in [0.15, 0.2) is 12.2 Å². The molecule has 3 atom stereocenters. The molecule has 0 saturated heterocycles. The van der Waals surface area contributed by atoms with Crippen LogP contribution in [0.5, 0.6) is 0 Å². The van der Waals surface area contributed by atoms with Crippen LogP contribution in [-0.4, -0.2) is 22.3 Å². The zero-order chi connectivity index (χ0) is 16.9. The van der Waals surface area contributed by atoms with Gasteiger partial charge in [-0.2, -0.15) is 0 Å². The molecule has 1 fully saturated rings. The summed E-state index contributed by atoms with van der Waals surface area (Å²) in [6, 6.07) is 0. The lowest BCUT2D eigenvalue weighted by atomic mass is 9.89. The number of aliphatic carboxylic acids is 1. The maximum atomic E-state index is 10.5. The van der Waals surface area contributed by atoms with Gasteiger partial charge in [0.1, 0.15) is 0 Å². The minimum absolute atomic E-state index is 0.265. The number of unbranched alkanes of at least 4 members (excludes halogenated alkanes) is 5. The lowest BCUT2D eigenvalue weighted by Crippen LogP contribution is -2.08. The summed E-state index contributed by atoms with van der Waals surface area (Å²) in [6.07, 6.45) is 18.1. The average molecular weight is 325 g/mol. The molecular formula is C20H36O3. The normalized spacial score (nSPS) is 22.7. The molecule has 0 aromatic rings. The Morgan fingerprint density at radius 3 is 2.65 bits per heavy atom. The largest absolute Gasteiger partial charge is 0.481 e. The first-order valence-corrected chi connectivity index (χ1v) is 9.71. The summed E-state index contributed by atoms with van der Waals surface area (Å²) in [5.74, 6) is 0.742. The summed E-state index contributed by atoms with van der Waals surface area (Å²) in [7, 11) is 0. The van der Waals surface area contributed by atoms with Crippen molar-refractivity contribution in [1.29, 1.82) is 0 Å². The molecule has 3 heteroatoms. The smallest absolute Gasteiger partial charge is 0.303 e. The summed E-state index contributed by atoms with van der Waals surface area (Å²) >= 11 is 0. The van der Waals surface area contributed by atoms with E-state index < -0.39 is 5.97 Å². The van der Waals surface area contributed by atoms with Crippen molar-refractivity contribution < 1.29 is 15.0 Å². The highest BCUT2D eigenvalue weighted by Gasteiger charge is 2.24. The molecule has 1 saturated carbocycles. The molecule has 134 valence electrons. The molecule has 0 aromatic carbocycles. The zero-order valence-electron chi connectivity index (χ0n) is 14.9. The number of carboxylic acid groups (broad SMARTS) is 1. The number of allylic oxidation sites excluding steroid dienone is 1. The molecule has 0 amide bonds. The van der Waals surface area contributed by atoms with Gasteiger partial charge in [0.05, 0.1) is 6.10 Å². The van der Waals surface area contributed by atoms with Gasteiger partial charge >= 0.3 is 5.97 Å². The minimum atomic E-state index is -0.677. The van der Waals surface area contributed by atoms with E-state index in [4.69, 9.17) is 5.11 Å². The van der Waals surface area contributed by atoms with Crippen molar-refractivity contribution in [2.75, 3.05) is 0 Å². The van der Waals surface area contributed by atoms with Gasteiger partial charge < -0.3 is 10.2 Å². The van der Waals surface area contributed by atoms with Crippen molar-refractivity contribution in [3.63, 3.8) is 0 Å². The first-order valence-electron chi connectivity index (χ1n) is 9.71. The third kappa shape index (κ3) is 9.80. The Kier molecular flexibility index (Phi) is 11.1. The second-order valence-corrected chi connectivity index (χ2v) is 7.15. The zero-order valence-corrected chi connectivity index (χ0v) is 14.9. The standard InChI is InChI=1S/C20H36O3/c1-2-3-6-13-19(21)16-15-18-12-9-11-17(18)10-7-4-5-8-14-20(22)23/h15-19,21H,2-14H2,1H3,(H,22,23)/t17?,18-,19+/m1/s1. The Labute approximate surface area is 142 Å². The Balaban J connectivity index is 2.16. The monoisotopic (exact) mass is 324 g/mol. The lowest BCUT2D eigenvalue weighted by Gasteiger charge is -2.16. The highest BCUT2D eigenvalue weighted by Crippen LogP contribution is 2.36. The minimum Gasteiger partial charge on any atom is -0.481 e. The van der Waals surface area contributed by atoms with E-state index in [2.05, 4.69) is 13.0 Å². The van der Waals surface area contributed by atoms with Crippen LogP contribution in [-0.2, 0) is 4.79 Å². The van der Waals surface area contributed by atoms with Crippen molar-refractivity contribution in [1.82, 2.24) is 0 Å². The molecular weight excluding hydrogens is 288 g/mol. The van der Waals surface area contributed by atoms with E-state index in [0.29, 0.717) is 12.3 Å². The summed E-state index contributed by atoms with van der Waals surface area (Å²) in [4.78, 5) is 10.5. The molecule has 1 aliphatic rings. The second kappa shape index (κ2) is 12.6. The number of carboxylic acids is 1. The van der Waals surface area contributed by atoms with Gasteiger partial charge in [-0.3, -0.25) is 4.79 Å². The van der Waals surface area contributed by atoms with E-state index in [1.807, 2.05) is 6.08 Å². The van der Waals surface area contributed by atoms with Gasteiger partial charge in [0.15, 0.2) is 0 Å². The van der Waals surface area contributed by atoms with E-state index in [1.165, 1.54) is 44.9 Å². The van der Waals surface area contributed by atoms with Crippen LogP contribution >= 0.6 is 0 Å². The summed E-state index contributed by atoms with van der Waals surface area (Å²) in [6.45, 7) is 2.19. The number of carbonyl (C=O) groups is 1. The molecule has 1 aliphatic carbocycles. The van der Waals surface area contributed by atoms with Crippen LogP contribution < -0.4 is 0 Å². The third-order valence-corrected chi connectivity index (χ3v) is 5.12. The topological polar surface area (TPSA) is 57.5 Å². The van der Waals surface area contributed by atoms with E-state index in [-0.39, 0.29) is 6.10 Å². The molecule has 23 heavy (non-hydrogen) atoms. The fourth-order valence-electron chi connectivity index (χ4n) is 3.68. The van der Waals surface area contributed by atoms with E-state index in [0.717, 1.165) is 38.0 Å². The first kappa shape index (κ1) is 20.2. The maximum Gasteiger partial charge on any atom is 0.303 e.